The van der Waals surface area contributed by atoms with Crippen molar-refractivity contribution in [2.24, 2.45) is 7.05 Å². The summed E-state index contributed by atoms with van der Waals surface area (Å²) in [6.07, 6.45) is 3.58. The van der Waals surface area contributed by atoms with Gasteiger partial charge in [-0.1, -0.05) is 0 Å². The van der Waals surface area contributed by atoms with Crippen LogP contribution in [-0.2, 0) is 18.4 Å². The molecule has 1 aromatic rings. The smallest absolute Gasteiger partial charge is 0.0945 e. The van der Waals surface area contributed by atoms with E-state index in [0.717, 1.165) is 5.69 Å². The maximum absolute atomic E-state index is 4.97. The molecule has 0 saturated carbocycles. The first-order valence-electron chi connectivity index (χ1n) is 3.64. The molecule has 0 aromatic carbocycles. The summed E-state index contributed by atoms with van der Waals surface area (Å²) in [5.74, 6) is 0. The van der Waals surface area contributed by atoms with Crippen molar-refractivity contribution in [3.63, 3.8) is 0 Å². The van der Waals surface area contributed by atoms with Crippen LogP contribution in [-0.4, -0.2) is 16.2 Å². The van der Waals surface area contributed by atoms with Gasteiger partial charge >= 0.3 is 0 Å². The molecule has 0 radical (unpaired) electrons. The Labute approximate surface area is 66.1 Å². The minimum Gasteiger partial charge on any atom is -0.336 e. The number of aryl methyl sites for hydroxylation is 1. The van der Waals surface area contributed by atoms with Crippen LogP contribution >= 0.6 is 0 Å². The number of nitrogens with zero attached hydrogens (tertiary/aromatic N) is 2. The highest BCUT2D eigenvalue weighted by Gasteiger charge is 1.95. The van der Waals surface area contributed by atoms with Gasteiger partial charge in [-0.2, -0.15) is 5.48 Å². The van der Waals surface area contributed by atoms with Crippen molar-refractivity contribution in [3.8, 4) is 0 Å². The Morgan fingerprint density at radius 3 is 3.09 bits per heavy atom. The first kappa shape index (κ1) is 8.23. The minimum absolute atomic E-state index is 0.678. The quantitative estimate of drug-likeness (QED) is 0.507. The predicted octanol–water partition coefficient (Wildman–Crippen LogP) is 0.461. The SMILES string of the molecule is CCONCc1cncn1C. The fourth-order valence-electron chi connectivity index (χ4n) is 0.782. The monoisotopic (exact) mass is 155 g/mol. The van der Waals surface area contributed by atoms with Crippen LogP contribution in [0.2, 0.25) is 0 Å². The fraction of sp³-hybridized carbons (Fsp3) is 0.571. The van der Waals surface area contributed by atoms with Gasteiger partial charge in [-0.15, -0.1) is 0 Å². The molecule has 0 saturated heterocycles. The van der Waals surface area contributed by atoms with E-state index in [0.29, 0.717) is 13.2 Å². The highest BCUT2D eigenvalue weighted by Crippen LogP contribution is 1.94. The van der Waals surface area contributed by atoms with Crippen LogP contribution in [0.5, 0.6) is 0 Å². The van der Waals surface area contributed by atoms with Crippen LogP contribution < -0.4 is 5.48 Å². The molecule has 0 atom stereocenters. The summed E-state index contributed by atoms with van der Waals surface area (Å²) in [5, 5.41) is 0. The van der Waals surface area contributed by atoms with Gasteiger partial charge in [0.05, 0.1) is 25.2 Å². The molecule has 11 heavy (non-hydrogen) atoms. The molecular formula is C7H13N3O. The second-order valence-corrected chi connectivity index (χ2v) is 2.25. The Morgan fingerprint density at radius 2 is 2.55 bits per heavy atom. The van der Waals surface area contributed by atoms with Gasteiger partial charge in [0.1, 0.15) is 0 Å². The zero-order valence-corrected chi connectivity index (χ0v) is 6.87. The summed E-state index contributed by atoms with van der Waals surface area (Å²) >= 11 is 0. The third kappa shape index (κ3) is 2.32. The number of imidazole rings is 1. The van der Waals surface area contributed by atoms with Crippen molar-refractivity contribution in [2.45, 2.75) is 13.5 Å². The number of aromatic nitrogens is 2. The van der Waals surface area contributed by atoms with Crippen molar-refractivity contribution in [2.75, 3.05) is 6.61 Å². The molecule has 0 amide bonds. The summed E-state index contributed by atoms with van der Waals surface area (Å²) in [6.45, 7) is 3.32. The first-order valence-corrected chi connectivity index (χ1v) is 3.64. The maximum atomic E-state index is 4.97. The molecule has 1 heterocycles. The van der Waals surface area contributed by atoms with E-state index in [1.165, 1.54) is 0 Å². The van der Waals surface area contributed by atoms with Crippen LogP contribution in [0.1, 0.15) is 12.6 Å². The van der Waals surface area contributed by atoms with Crippen molar-refractivity contribution in [1.29, 1.82) is 0 Å². The second-order valence-electron chi connectivity index (χ2n) is 2.25. The molecule has 4 heteroatoms. The van der Waals surface area contributed by atoms with E-state index < -0.39 is 0 Å². The molecule has 4 nitrogen and oxygen atoms in total. The summed E-state index contributed by atoms with van der Waals surface area (Å²) in [7, 11) is 1.95. The van der Waals surface area contributed by atoms with Crippen LogP contribution in [0, 0.1) is 0 Å². The number of hydrogen-bond acceptors (Lipinski definition) is 3. The van der Waals surface area contributed by atoms with E-state index in [1.807, 2.05) is 24.7 Å². The number of hydrogen-bond donors (Lipinski definition) is 1. The molecule has 0 aliphatic heterocycles. The third-order valence-corrected chi connectivity index (χ3v) is 1.42. The fourth-order valence-corrected chi connectivity index (χ4v) is 0.782. The van der Waals surface area contributed by atoms with Crippen molar-refractivity contribution >= 4 is 0 Å². The van der Waals surface area contributed by atoms with Crippen molar-refractivity contribution in [3.05, 3.63) is 18.2 Å². The molecule has 1 N–H and O–H groups in total. The third-order valence-electron chi connectivity index (χ3n) is 1.42. The molecule has 0 spiro atoms. The standard InChI is InChI=1S/C7H13N3O/c1-3-11-9-5-7-4-8-6-10(7)2/h4,6,9H,3,5H2,1-2H3. The average Bonchev–Trinajstić information content (AvgIpc) is 2.37. The van der Waals surface area contributed by atoms with Crippen LogP contribution in [0.3, 0.4) is 0 Å². The molecule has 0 fully saturated rings. The minimum atomic E-state index is 0.678. The highest BCUT2D eigenvalue weighted by molar-refractivity contribution is 4.95. The Hall–Kier alpha value is -0.870. The molecule has 0 aliphatic rings. The number of rotatable bonds is 4. The van der Waals surface area contributed by atoms with E-state index in [1.54, 1.807) is 6.33 Å². The van der Waals surface area contributed by atoms with Gasteiger partial charge in [0, 0.05) is 13.2 Å². The van der Waals surface area contributed by atoms with E-state index in [9.17, 15) is 0 Å². The summed E-state index contributed by atoms with van der Waals surface area (Å²) in [5.41, 5.74) is 3.93. The van der Waals surface area contributed by atoms with Gasteiger partial charge in [-0.25, -0.2) is 4.98 Å². The van der Waals surface area contributed by atoms with Gasteiger partial charge in [0.25, 0.3) is 0 Å². The van der Waals surface area contributed by atoms with Gasteiger partial charge < -0.3 is 9.40 Å². The first-order chi connectivity index (χ1) is 5.34. The average molecular weight is 155 g/mol. The van der Waals surface area contributed by atoms with Crippen LogP contribution in [0.15, 0.2) is 12.5 Å². The van der Waals surface area contributed by atoms with Gasteiger partial charge in [0.15, 0.2) is 0 Å². The molecule has 1 aromatic heterocycles. The Balaban J connectivity index is 2.32. The molecule has 62 valence electrons. The summed E-state index contributed by atoms with van der Waals surface area (Å²) < 4.78 is 1.95. The van der Waals surface area contributed by atoms with Crippen LogP contribution in [0.25, 0.3) is 0 Å². The largest absolute Gasteiger partial charge is 0.336 e. The zero-order chi connectivity index (χ0) is 8.10. The van der Waals surface area contributed by atoms with Crippen molar-refractivity contribution < 1.29 is 4.84 Å². The second kappa shape index (κ2) is 4.10. The van der Waals surface area contributed by atoms with Gasteiger partial charge in [-0.05, 0) is 6.92 Å². The topological polar surface area (TPSA) is 39.1 Å². The highest BCUT2D eigenvalue weighted by atomic mass is 16.6. The van der Waals surface area contributed by atoms with E-state index in [4.69, 9.17) is 4.84 Å². The summed E-state index contributed by atoms with van der Waals surface area (Å²) in [4.78, 5) is 8.94. The normalized spacial score (nSPS) is 10.4. The Kier molecular flexibility index (Phi) is 3.07. The Bertz CT molecular complexity index is 209. The van der Waals surface area contributed by atoms with E-state index in [2.05, 4.69) is 10.5 Å². The predicted molar refractivity (Wildman–Crippen MR) is 41.7 cm³/mol. The number of hydroxylamine groups is 1. The lowest BCUT2D eigenvalue weighted by Gasteiger charge is -2.02. The molecular weight excluding hydrogens is 142 g/mol. The van der Waals surface area contributed by atoms with Gasteiger partial charge in [-0.3, -0.25) is 0 Å². The number of nitrogens with one attached hydrogen (secondary N) is 1. The molecule has 0 aliphatic carbocycles. The van der Waals surface area contributed by atoms with E-state index in [-0.39, 0.29) is 0 Å². The summed E-state index contributed by atoms with van der Waals surface area (Å²) in [6, 6.07) is 0. The lowest BCUT2D eigenvalue weighted by atomic mass is 10.5. The van der Waals surface area contributed by atoms with E-state index >= 15 is 0 Å². The van der Waals surface area contributed by atoms with Crippen molar-refractivity contribution in [1.82, 2.24) is 15.0 Å². The lowest BCUT2D eigenvalue weighted by molar-refractivity contribution is 0.0451. The lowest BCUT2D eigenvalue weighted by Crippen LogP contribution is -2.15. The van der Waals surface area contributed by atoms with Crippen LogP contribution in [0.4, 0.5) is 0 Å². The molecule has 0 unspecified atom stereocenters. The maximum Gasteiger partial charge on any atom is 0.0945 e. The van der Waals surface area contributed by atoms with Gasteiger partial charge in [0.2, 0.25) is 0 Å². The zero-order valence-electron chi connectivity index (χ0n) is 6.87. The molecule has 0 bridgehead atoms. The Morgan fingerprint density at radius 1 is 1.73 bits per heavy atom. The molecule has 1 rings (SSSR count).